The van der Waals surface area contributed by atoms with E-state index in [9.17, 15) is 14.9 Å². The molecule has 0 radical (unpaired) electrons. The first-order valence-electron chi connectivity index (χ1n) is 9.18. The van der Waals surface area contributed by atoms with Gasteiger partial charge in [0, 0.05) is 17.7 Å². The summed E-state index contributed by atoms with van der Waals surface area (Å²) in [7, 11) is 1.52. The number of benzene rings is 2. The average molecular weight is 404 g/mol. The van der Waals surface area contributed by atoms with Crippen LogP contribution in [0.2, 0.25) is 5.02 Å². The molecule has 0 spiro atoms. The Balaban J connectivity index is 1.86. The predicted octanol–water partition coefficient (Wildman–Crippen LogP) is 5.25. The zero-order valence-electron chi connectivity index (χ0n) is 15.5. The molecule has 0 unspecified atom stereocenters. The number of ether oxygens (including phenoxy) is 1. The number of nitro benzene ring substituents is 1. The van der Waals surface area contributed by atoms with Gasteiger partial charge in [0.05, 0.1) is 22.7 Å². The van der Waals surface area contributed by atoms with Gasteiger partial charge in [-0.25, -0.2) is 0 Å². The Kier molecular flexibility index (Phi) is 6.36. The second-order valence-corrected chi connectivity index (χ2v) is 7.18. The first-order chi connectivity index (χ1) is 13.5. The van der Waals surface area contributed by atoms with E-state index in [1.807, 2.05) is 0 Å². The molecule has 0 aromatic heterocycles. The third-order valence-corrected chi connectivity index (χ3v) is 5.14. The number of methoxy groups -OCH3 is 1. The summed E-state index contributed by atoms with van der Waals surface area (Å²) >= 11 is 6.21. The van der Waals surface area contributed by atoms with Gasteiger partial charge in [0.15, 0.2) is 0 Å². The van der Waals surface area contributed by atoms with Gasteiger partial charge in [0.1, 0.15) is 11.4 Å². The third-order valence-electron chi connectivity index (χ3n) is 4.83. The van der Waals surface area contributed by atoms with Crippen molar-refractivity contribution >= 4 is 34.6 Å². The molecule has 0 saturated heterocycles. The Morgan fingerprint density at radius 2 is 1.93 bits per heavy atom. The lowest BCUT2D eigenvalue weighted by Crippen LogP contribution is -2.23. The molecule has 2 N–H and O–H groups in total. The molecule has 8 heteroatoms. The van der Waals surface area contributed by atoms with Crippen molar-refractivity contribution in [3.8, 4) is 5.75 Å². The van der Waals surface area contributed by atoms with Crippen LogP contribution >= 0.6 is 11.6 Å². The second kappa shape index (κ2) is 8.93. The minimum absolute atomic E-state index is 0.102. The lowest BCUT2D eigenvalue weighted by molar-refractivity contribution is -0.384. The van der Waals surface area contributed by atoms with Gasteiger partial charge in [0.25, 0.3) is 11.6 Å². The Hall–Kier alpha value is -2.80. The molecule has 1 amide bonds. The first kappa shape index (κ1) is 19.9. The SMILES string of the molecule is COc1cccc(C(=O)Nc2cc(NC3CCCCC3)c([N+](=O)[O-])cc2Cl)c1. The number of nitrogens with zero attached hydrogens (tertiary/aromatic N) is 1. The zero-order valence-corrected chi connectivity index (χ0v) is 16.3. The van der Waals surface area contributed by atoms with E-state index in [1.165, 1.54) is 25.7 Å². The average Bonchev–Trinajstić information content (AvgIpc) is 2.70. The molecule has 1 saturated carbocycles. The summed E-state index contributed by atoms with van der Waals surface area (Å²) in [6, 6.07) is 9.69. The molecule has 3 rings (SSSR count). The molecule has 1 aliphatic rings. The molecule has 148 valence electrons. The van der Waals surface area contributed by atoms with Gasteiger partial charge in [-0.15, -0.1) is 0 Å². The van der Waals surface area contributed by atoms with E-state index < -0.39 is 4.92 Å². The van der Waals surface area contributed by atoms with Crippen LogP contribution in [0.5, 0.6) is 5.75 Å². The van der Waals surface area contributed by atoms with Crippen molar-refractivity contribution in [1.29, 1.82) is 0 Å². The summed E-state index contributed by atoms with van der Waals surface area (Å²) in [5.41, 5.74) is 0.978. The van der Waals surface area contributed by atoms with Gasteiger partial charge in [-0.05, 0) is 37.1 Å². The fourth-order valence-corrected chi connectivity index (χ4v) is 3.56. The number of nitrogens with one attached hydrogen (secondary N) is 2. The van der Waals surface area contributed by atoms with E-state index in [1.54, 1.807) is 24.3 Å². The van der Waals surface area contributed by atoms with E-state index in [0.29, 0.717) is 22.7 Å². The lowest BCUT2D eigenvalue weighted by Gasteiger charge is -2.24. The summed E-state index contributed by atoms with van der Waals surface area (Å²) in [5.74, 6) is 0.181. The van der Waals surface area contributed by atoms with Gasteiger partial charge in [-0.1, -0.05) is 36.9 Å². The van der Waals surface area contributed by atoms with E-state index in [-0.39, 0.29) is 22.7 Å². The van der Waals surface area contributed by atoms with Crippen LogP contribution in [0.25, 0.3) is 0 Å². The number of amides is 1. The smallest absolute Gasteiger partial charge is 0.293 e. The maximum absolute atomic E-state index is 12.6. The molecule has 0 aliphatic heterocycles. The predicted molar refractivity (Wildman–Crippen MR) is 110 cm³/mol. The molecule has 0 heterocycles. The second-order valence-electron chi connectivity index (χ2n) is 6.77. The van der Waals surface area contributed by atoms with E-state index in [2.05, 4.69) is 10.6 Å². The van der Waals surface area contributed by atoms with E-state index in [4.69, 9.17) is 16.3 Å². The van der Waals surface area contributed by atoms with Crippen molar-refractivity contribution in [3.05, 3.63) is 57.1 Å². The minimum atomic E-state index is -0.468. The molecule has 0 atom stereocenters. The Bertz CT molecular complexity index is 882. The van der Waals surface area contributed by atoms with Crippen LogP contribution in [0.15, 0.2) is 36.4 Å². The maximum Gasteiger partial charge on any atom is 0.293 e. The van der Waals surface area contributed by atoms with Crippen LogP contribution in [0.1, 0.15) is 42.5 Å². The summed E-state index contributed by atoms with van der Waals surface area (Å²) in [4.78, 5) is 23.6. The van der Waals surface area contributed by atoms with Crippen LogP contribution < -0.4 is 15.4 Å². The van der Waals surface area contributed by atoms with Gasteiger partial charge in [-0.3, -0.25) is 14.9 Å². The molecular weight excluding hydrogens is 382 g/mol. The number of rotatable bonds is 6. The van der Waals surface area contributed by atoms with Crippen molar-refractivity contribution in [2.24, 2.45) is 0 Å². The zero-order chi connectivity index (χ0) is 20.1. The summed E-state index contributed by atoms with van der Waals surface area (Å²) in [5, 5.41) is 17.5. The third kappa shape index (κ3) is 4.72. The van der Waals surface area contributed by atoms with Gasteiger partial charge in [0.2, 0.25) is 0 Å². The van der Waals surface area contributed by atoms with Crippen LogP contribution in [-0.4, -0.2) is 24.0 Å². The van der Waals surface area contributed by atoms with Crippen LogP contribution in [0, 0.1) is 10.1 Å². The number of anilines is 2. The number of hydrogen-bond acceptors (Lipinski definition) is 5. The Morgan fingerprint density at radius 1 is 1.18 bits per heavy atom. The number of hydrogen-bond donors (Lipinski definition) is 2. The highest BCUT2D eigenvalue weighted by Crippen LogP contribution is 2.36. The van der Waals surface area contributed by atoms with Crippen molar-refractivity contribution in [2.45, 2.75) is 38.1 Å². The van der Waals surface area contributed by atoms with Crippen molar-refractivity contribution in [2.75, 3.05) is 17.7 Å². The van der Waals surface area contributed by atoms with Crippen LogP contribution in [0.4, 0.5) is 17.1 Å². The van der Waals surface area contributed by atoms with E-state index >= 15 is 0 Å². The van der Waals surface area contributed by atoms with Gasteiger partial charge >= 0.3 is 0 Å². The van der Waals surface area contributed by atoms with Crippen molar-refractivity contribution in [3.63, 3.8) is 0 Å². The normalized spacial score (nSPS) is 14.4. The summed E-state index contributed by atoms with van der Waals surface area (Å²) < 4.78 is 5.13. The fraction of sp³-hybridized carbons (Fsp3) is 0.350. The standard InChI is InChI=1S/C20H22ClN3O4/c1-28-15-9-5-6-13(10-15)20(25)23-17-12-18(19(24(26)27)11-16(17)21)22-14-7-3-2-4-8-14/h5-6,9-12,14,22H,2-4,7-8H2,1H3,(H,23,25). The molecule has 0 bridgehead atoms. The molecule has 1 aliphatic carbocycles. The monoisotopic (exact) mass is 403 g/mol. The Morgan fingerprint density at radius 3 is 2.61 bits per heavy atom. The number of halogens is 1. The highest BCUT2D eigenvalue weighted by molar-refractivity contribution is 6.34. The summed E-state index contributed by atoms with van der Waals surface area (Å²) in [6.45, 7) is 0. The van der Waals surface area contributed by atoms with Crippen LogP contribution in [0.3, 0.4) is 0 Å². The van der Waals surface area contributed by atoms with Crippen LogP contribution in [-0.2, 0) is 0 Å². The van der Waals surface area contributed by atoms with Gasteiger partial charge < -0.3 is 15.4 Å². The molecule has 2 aromatic rings. The number of nitro groups is 1. The molecule has 1 fully saturated rings. The minimum Gasteiger partial charge on any atom is -0.497 e. The molecule has 2 aromatic carbocycles. The van der Waals surface area contributed by atoms with Crippen molar-refractivity contribution in [1.82, 2.24) is 0 Å². The largest absolute Gasteiger partial charge is 0.497 e. The molecule has 28 heavy (non-hydrogen) atoms. The Labute approximate surface area is 168 Å². The fourth-order valence-electron chi connectivity index (χ4n) is 3.35. The highest BCUT2D eigenvalue weighted by Gasteiger charge is 2.22. The van der Waals surface area contributed by atoms with Gasteiger partial charge in [-0.2, -0.15) is 0 Å². The first-order valence-corrected chi connectivity index (χ1v) is 9.55. The quantitative estimate of drug-likeness (QED) is 0.507. The topological polar surface area (TPSA) is 93.5 Å². The highest BCUT2D eigenvalue weighted by atomic mass is 35.5. The van der Waals surface area contributed by atoms with Crippen molar-refractivity contribution < 1.29 is 14.5 Å². The number of carbonyl (C=O) groups excluding carboxylic acids is 1. The maximum atomic E-state index is 12.6. The number of carbonyl (C=O) groups is 1. The molecule has 7 nitrogen and oxygen atoms in total. The summed E-state index contributed by atoms with van der Waals surface area (Å²) in [6.07, 6.45) is 5.30. The lowest BCUT2D eigenvalue weighted by atomic mass is 9.95. The van der Waals surface area contributed by atoms with E-state index in [0.717, 1.165) is 25.7 Å². The molecular formula is C20H22ClN3O4.